The summed E-state index contributed by atoms with van der Waals surface area (Å²) in [4.78, 5) is 39.8. The molecule has 2 amide bonds. The number of terminal acetylenes is 1. The van der Waals surface area contributed by atoms with Gasteiger partial charge in [-0.05, 0) is 77.9 Å². The molecule has 7 nitrogen and oxygen atoms in total. The Balaban J connectivity index is 1.56. The Kier molecular flexibility index (Phi) is 7.35. The van der Waals surface area contributed by atoms with Crippen LogP contribution >= 0.6 is 23.2 Å². The van der Waals surface area contributed by atoms with Gasteiger partial charge in [0.25, 0.3) is 0 Å². The number of rotatable bonds is 5. The number of nitrogens with one attached hydrogen (secondary N) is 2. The van der Waals surface area contributed by atoms with Crippen LogP contribution in [0.3, 0.4) is 0 Å². The van der Waals surface area contributed by atoms with Crippen LogP contribution in [0.25, 0.3) is 0 Å². The van der Waals surface area contributed by atoms with Crippen LogP contribution in [0.5, 0.6) is 11.5 Å². The molecule has 2 N–H and O–H groups in total. The van der Waals surface area contributed by atoms with Crippen LogP contribution in [0.4, 0.5) is 5.69 Å². The summed E-state index contributed by atoms with van der Waals surface area (Å²) in [5.74, 6) is 1.80. The van der Waals surface area contributed by atoms with Gasteiger partial charge in [-0.2, -0.15) is 0 Å². The van der Waals surface area contributed by atoms with E-state index in [-0.39, 0.29) is 18.2 Å². The molecule has 0 aromatic heterocycles. The molecule has 9 heteroatoms. The van der Waals surface area contributed by atoms with E-state index < -0.39 is 23.3 Å². The minimum Gasteiger partial charge on any atom is -0.465 e. The second kappa shape index (κ2) is 11.1. The van der Waals surface area contributed by atoms with Crippen molar-refractivity contribution in [1.82, 2.24) is 5.32 Å². The lowest BCUT2D eigenvalue weighted by Crippen LogP contribution is -2.56. The highest BCUT2D eigenvalue weighted by atomic mass is 35.5. The molecule has 2 aliphatic rings. The highest BCUT2D eigenvalue weighted by Gasteiger charge is 2.61. The molecule has 2 aliphatic heterocycles. The summed E-state index contributed by atoms with van der Waals surface area (Å²) in [6, 6.07) is 23.1. The number of carbonyl (C=O) groups is 3. The molecule has 0 saturated carbocycles. The largest absolute Gasteiger partial charge is 0.465 e. The second-order valence-electron chi connectivity index (χ2n) is 10.3. The number of benzene rings is 4. The number of halogens is 2. The number of carbonyl (C=O) groups excluding carboxylic acids is 3. The molecule has 6 rings (SSSR count). The summed E-state index contributed by atoms with van der Waals surface area (Å²) in [6.07, 6.45) is 5.84. The zero-order valence-corrected chi connectivity index (χ0v) is 24.3. The number of ether oxygens (including phenoxy) is 2. The first kappa shape index (κ1) is 28.4. The van der Waals surface area contributed by atoms with Gasteiger partial charge in [-0.15, -0.1) is 6.42 Å². The van der Waals surface area contributed by atoms with Gasteiger partial charge >= 0.3 is 5.97 Å². The zero-order chi connectivity index (χ0) is 30.3. The maximum Gasteiger partial charge on any atom is 0.337 e. The number of anilines is 1. The fraction of sp³-hybridized carbons (Fsp3) is 0.147. The summed E-state index contributed by atoms with van der Waals surface area (Å²) < 4.78 is 11.1. The molecule has 1 saturated heterocycles. The smallest absolute Gasteiger partial charge is 0.337 e. The topological polar surface area (TPSA) is 93.7 Å². The van der Waals surface area contributed by atoms with E-state index >= 15 is 0 Å². The average Bonchev–Trinajstić information content (AvgIpc) is 3.29. The van der Waals surface area contributed by atoms with Crippen LogP contribution in [0.2, 0.25) is 10.0 Å². The molecule has 43 heavy (non-hydrogen) atoms. The molecule has 0 unspecified atom stereocenters. The van der Waals surface area contributed by atoms with Crippen LogP contribution in [0, 0.1) is 12.3 Å². The van der Waals surface area contributed by atoms with Gasteiger partial charge in [0.1, 0.15) is 16.9 Å². The van der Waals surface area contributed by atoms with E-state index in [2.05, 4.69) is 16.6 Å². The number of esters is 1. The fourth-order valence-corrected chi connectivity index (χ4v) is 6.50. The Hall–Kier alpha value is -4.77. The molecule has 214 valence electrons. The molecular weight excluding hydrogens is 587 g/mol. The Morgan fingerprint density at radius 1 is 0.977 bits per heavy atom. The zero-order valence-electron chi connectivity index (χ0n) is 22.8. The number of hydrogen-bond acceptors (Lipinski definition) is 5. The number of amides is 2. The van der Waals surface area contributed by atoms with Gasteiger partial charge in [-0.1, -0.05) is 47.3 Å². The monoisotopic (exact) mass is 610 g/mol. The lowest BCUT2D eigenvalue weighted by Gasteiger charge is -2.46. The van der Waals surface area contributed by atoms with Gasteiger partial charge < -0.3 is 20.1 Å². The Labute approximate surface area is 258 Å². The quantitative estimate of drug-likeness (QED) is 0.192. The van der Waals surface area contributed by atoms with Gasteiger partial charge in [0, 0.05) is 39.2 Å². The third-order valence-corrected chi connectivity index (χ3v) is 8.46. The number of fused-ring (bicyclic) bond motifs is 2. The molecule has 1 spiro atoms. The van der Waals surface area contributed by atoms with E-state index in [0.717, 1.165) is 5.56 Å². The SMILES string of the molecule is C#Cc1ccc(Oc2ccc(C(=O)OC)cc2)c([C@H]2NC(=O)C[C@@H](c3cccc(Cl)c3)[C@]23C(=O)Nc2cc(Cl)ccc23)c1. The van der Waals surface area contributed by atoms with E-state index in [4.69, 9.17) is 39.1 Å². The highest BCUT2D eigenvalue weighted by Crippen LogP contribution is 2.58. The second-order valence-corrected chi connectivity index (χ2v) is 11.2. The van der Waals surface area contributed by atoms with Crippen molar-refractivity contribution < 1.29 is 23.9 Å². The standard InChI is InChI=1S/C34H24Cl2N2O5/c1-3-19-7-14-29(43-24-11-8-20(9-12-24)32(40)42-2)25(15-19)31-34(26-13-10-23(36)17-28(26)37-33(34)41)27(18-30(39)38-31)21-5-4-6-22(35)16-21/h1,4-17,27,31H,18H2,2H3,(H,37,41)(H,38,39)/t27-,31+,34-/m0/s1. The molecule has 0 radical (unpaired) electrons. The van der Waals surface area contributed by atoms with E-state index in [1.165, 1.54) is 7.11 Å². The Bertz CT molecular complexity index is 1830. The molecule has 4 aromatic carbocycles. The summed E-state index contributed by atoms with van der Waals surface area (Å²) in [6.45, 7) is 0. The molecule has 3 atom stereocenters. The van der Waals surface area contributed by atoms with Gasteiger partial charge in [-0.25, -0.2) is 4.79 Å². The van der Waals surface area contributed by atoms with Crippen LogP contribution in [-0.4, -0.2) is 24.9 Å². The number of piperidine rings is 1. The first-order valence-electron chi connectivity index (χ1n) is 13.4. The van der Waals surface area contributed by atoms with Gasteiger partial charge in [0.05, 0.1) is 18.7 Å². The minimum atomic E-state index is -1.32. The van der Waals surface area contributed by atoms with E-state index in [1.54, 1.807) is 72.8 Å². The van der Waals surface area contributed by atoms with E-state index in [1.807, 2.05) is 12.1 Å². The lowest BCUT2D eigenvalue weighted by molar-refractivity contribution is -0.131. The van der Waals surface area contributed by atoms with Crippen molar-refractivity contribution in [3.8, 4) is 23.8 Å². The summed E-state index contributed by atoms with van der Waals surface area (Å²) >= 11 is 12.7. The maximum absolute atomic E-state index is 14.4. The van der Waals surface area contributed by atoms with Gasteiger partial charge in [0.15, 0.2) is 0 Å². The molecule has 1 fully saturated rings. The fourth-order valence-electron chi connectivity index (χ4n) is 6.13. The van der Waals surface area contributed by atoms with Crippen LogP contribution < -0.4 is 15.4 Å². The van der Waals surface area contributed by atoms with Crippen LogP contribution in [-0.2, 0) is 19.7 Å². The predicted molar refractivity (Wildman–Crippen MR) is 164 cm³/mol. The third-order valence-electron chi connectivity index (χ3n) is 7.99. The Morgan fingerprint density at radius 2 is 1.74 bits per heavy atom. The summed E-state index contributed by atoms with van der Waals surface area (Å²) in [5, 5.41) is 7.06. The van der Waals surface area contributed by atoms with Crippen LogP contribution in [0.1, 0.15) is 51.0 Å². The van der Waals surface area contributed by atoms with Crippen molar-refractivity contribution in [2.24, 2.45) is 0 Å². The molecule has 2 heterocycles. The summed E-state index contributed by atoms with van der Waals surface area (Å²) in [5.41, 5.74) is 2.05. The first-order chi connectivity index (χ1) is 20.7. The average molecular weight is 611 g/mol. The number of methoxy groups -OCH3 is 1. The van der Waals surface area contributed by atoms with E-state index in [0.29, 0.717) is 49.5 Å². The molecular formula is C34H24Cl2N2O5. The predicted octanol–water partition coefficient (Wildman–Crippen LogP) is 6.79. The molecule has 0 bridgehead atoms. The third kappa shape index (κ3) is 4.89. The van der Waals surface area contributed by atoms with Crippen molar-refractivity contribution in [3.63, 3.8) is 0 Å². The van der Waals surface area contributed by atoms with Crippen molar-refractivity contribution in [2.75, 3.05) is 12.4 Å². The van der Waals surface area contributed by atoms with Crippen LogP contribution in [0.15, 0.2) is 84.9 Å². The summed E-state index contributed by atoms with van der Waals surface area (Å²) in [7, 11) is 1.31. The lowest BCUT2D eigenvalue weighted by atomic mass is 9.59. The normalized spacial score (nSPS) is 20.5. The van der Waals surface area contributed by atoms with Crippen molar-refractivity contribution in [1.29, 1.82) is 0 Å². The van der Waals surface area contributed by atoms with E-state index in [9.17, 15) is 14.4 Å². The maximum atomic E-state index is 14.4. The minimum absolute atomic E-state index is 0.0341. The molecule has 0 aliphatic carbocycles. The first-order valence-corrected chi connectivity index (χ1v) is 14.1. The van der Waals surface area contributed by atoms with Gasteiger partial charge in [-0.3, -0.25) is 9.59 Å². The van der Waals surface area contributed by atoms with Gasteiger partial charge in [0.2, 0.25) is 11.8 Å². The highest BCUT2D eigenvalue weighted by molar-refractivity contribution is 6.31. The van der Waals surface area contributed by atoms with Crippen molar-refractivity contribution >= 4 is 46.7 Å². The van der Waals surface area contributed by atoms with Crippen molar-refractivity contribution in [3.05, 3.63) is 123 Å². The molecule has 4 aromatic rings. The Morgan fingerprint density at radius 3 is 2.47 bits per heavy atom. The van der Waals surface area contributed by atoms with Crippen molar-refractivity contribution in [2.45, 2.75) is 23.8 Å². The number of hydrogen-bond donors (Lipinski definition) is 2.